The zero-order valence-electron chi connectivity index (χ0n) is 20.5. The molecular formula is C26H34Cl2O6. The smallest absolute Gasteiger partial charge is 0.196 e. The normalized spacial score (nSPS) is 38.9. The molecule has 8 heteroatoms. The summed E-state index contributed by atoms with van der Waals surface area (Å²) in [5, 5.41) is 31.7. The molecule has 0 radical (unpaired) electrons. The van der Waals surface area contributed by atoms with Crippen LogP contribution >= 0.6 is 23.2 Å². The third kappa shape index (κ3) is 3.51. The number of aliphatic hydroxyl groups is 1. The van der Waals surface area contributed by atoms with Crippen LogP contribution in [0.2, 0.25) is 0 Å². The zero-order chi connectivity index (χ0) is 25.6. The van der Waals surface area contributed by atoms with Crippen molar-refractivity contribution in [1.29, 1.82) is 0 Å². The molecule has 3 N–H and O–H groups in total. The summed E-state index contributed by atoms with van der Waals surface area (Å²) in [6.45, 7) is 10.7. The molecule has 1 aliphatic heterocycles. The van der Waals surface area contributed by atoms with Crippen molar-refractivity contribution in [1.82, 2.24) is 0 Å². The monoisotopic (exact) mass is 512 g/mol. The summed E-state index contributed by atoms with van der Waals surface area (Å²) in [6, 6.07) is 1.24. The number of hydrogen-bond donors (Lipinski definition) is 3. The van der Waals surface area contributed by atoms with Crippen LogP contribution in [0.25, 0.3) is 0 Å². The van der Waals surface area contributed by atoms with Crippen LogP contribution < -0.4 is 0 Å². The number of carbonyl (C=O) groups excluding carboxylic acids is 2. The van der Waals surface area contributed by atoms with Crippen molar-refractivity contribution in [3.63, 3.8) is 0 Å². The maximum atomic E-state index is 14.2. The molecule has 1 heterocycles. The van der Waals surface area contributed by atoms with Gasteiger partial charge < -0.3 is 20.1 Å². The highest BCUT2D eigenvalue weighted by Gasteiger charge is 2.65. The molecule has 0 aromatic heterocycles. The van der Waals surface area contributed by atoms with Crippen LogP contribution in [0.3, 0.4) is 0 Å². The number of fused-ring (bicyclic) bond motifs is 2. The molecule has 1 saturated carbocycles. The first-order valence-corrected chi connectivity index (χ1v) is 12.7. The maximum absolute atomic E-state index is 14.2. The number of rotatable bonds is 2. The van der Waals surface area contributed by atoms with Crippen LogP contribution in [-0.4, -0.2) is 54.4 Å². The van der Waals surface area contributed by atoms with Gasteiger partial charge in [0.25, 0.3) is 0 Å². The second-order valence-electron chi connectivity index (χ2n) is 11.8. The molecule has 3 aliphatic rings. The quantitative estimate of drug-likeness (QED) is 0.474. The Morgan fingerprint density at radius 1 is 1.09 bits per heavy atom. The molecule has 2 aliphatic carbocycles. The van der Waals surface area contributed by atoms with Crippen molar-refractivity contribution in [3.05, 3.63) is 22.8 Å². The first-order valence-electron chi connectivity index (χ1n) is 11.8. The van der Waals surface area contributed by atoms with Crippen molar-refractivity contribution in [3.8, 4) is 11.5 Å². The standard InChI is InChI=1S/C26H34Cl2O6/c1-12-15(29)9-13-19(20(12)30)21(31)14-10-18(28)24(4,5)34-26(14,22(13)32)11-16-23(2,3)17(27)7-8-25(16,6)33/h9,14,16-18,29-30,33H,7-8,10-11H2,1-6H3/t14-,16?,17+,18-,25+,26-/m1/s1. The van der Waals surface area contributed by atoms with Gasteiger partial charge in [-0.15, -0.1) is 23.2 Å². The Kier molecular flexibility index (Phi) is 5.93. The van der Waals surface area contributed by atoms with Gasteiger partial charge in [-0.3, -0.25) is 9.59 Å². The van der Waals surface area contributed by atoms with Crippen LogP contribution in [0.15, 0.2) is 6.07 Å². The highest BCUT2D eigenvalue weighted by atomic mass is 35.5. The van der Waals surface area contributed by atoms with Crippen LogP contribution in [0.5, 0.6) is 11.5 Å². The third-order valence-electron chi connectivity index (χ3n) is 8.79. The first kappa shape index (κ1) is 25.7. The lowest BCUT2D eigenvalue weighted by Crippen LogP contribution is -2.67. The lowest BCUT2D eigenvalue weighted by Gasteiger charge is -2.58. The molecule has 34 heavy (non-hydrogen) atoms. The maximum Gasteiger partial charge on any atom is 0.196 e. The minimum absolute atomic E-state index is 0.0628. The molecule has 6 nitrogen and oxygen atoms in total. The summed E-state index contributed by atoms with van der Waals surface area (Å²) in [5.41, 5.74) is -4.29. The molecule has 6 atom stereocenters. The van der Waals surface area contributed by atoms with E-state index in [-0.39, 0.29) is 40.7 Å². The number of benzene rings is 1. The SMILES string of the molecule is Cc1c(O)cc2c(c1O)C(=O)[C@H]1C[C@@H](Cl)C(C)(C)O[C@@]1(CC1C(C)(C)[C@@H](Cl)CC[C@]1(C)O)C2=O. The van der Waals surface area contributed by atoms with E-state index >= 15 is 0 Å². The fourth-order valence-corrected chi connectivity index (χ4v) is 6.92. The summed E-state index contributed by atoms with van der Waals surface area (Å²) in [5.74, 6) is -3.01. The Labute approximate surface area is 210 Å². The third-order valence-corrected chi connectivity index (χ3v) is 10.3. The van der Waals surface area contributed by atoms with Gasteiger partial charge in [-0.1, -0.05) is 13.8 Å². The summed E-state index contributed by atoms with van der Waals surface area (Å²) in [7, 11) is 0. The van der Waals surface area contributed by atoms with Gasteiger partial charge in [0.2, 0.25) is 0 Å². The number of hydrogen-bond acceptors (Lipinski definition) is 6. The molecule has 188 valence electrons. The van der Waals surface area contributed by atoms with Crippen molar-refractivity contribution >= 4 is 34.8 Å². The molecule has 0 amide bonds. The van der Waals surface area contributed by atoms with Crippen LogP contribution in [0.1, 0.15) is 86.6 Å². The van der Waals surface area contributed by atoms with Gasteiger partial charge in [-0.25, -0.2) is 0 Å². The summed E-state index contributed by atoms with van der Waals surface area (Å²) < 4.78 is 6.53. The highest BCUT2D eigenvalue weighted by molar-refractivity contribution is 6.24. The van der Waals surface area contributed by atoms with Gasteiger partial charge in [0, 0.05) is 16.5 Å². The van der Waals surface area contributed by atoms with Crippen LogP contribution in [0.4, 0.5) is 0 Å². The number of Topliss-reactive ketones (excluding diaryl/α,β-unsaturated/α-hetero) is 2. The largest absolute Gasteiger partial charge is 0.508 e. The molecule has 1 saturated heterocycles. The number of ketones is 2. The summed E-state index contributed by atoms with van der Waals surface area (Å²) in [4.78, 5) is 28.1. The number of alkyl halides is 2. The van der Waals surface area contributed by atoms with E-state index in [0.29, 0.717) is 12.8 Å². The van der Waals surface area contributed by atoms with E-state index in [1.54, 1.807) is 20.8 Å². The molecule has 0 bridgehead atoms. The van der Waals surface area contributed by atoms with Gasteiger partial charge in [0.1, 0.15) is 17.1 Å². The van der Waals surface area contributed by atoms with Gasteiger partial charge in [-0.2, -0.15) is 0 Å². The van der Waals surface area contributed by atoms with E-state index in [0.717, 1.165) is 0 Å². The fourth-order valence-electron chi connectivity index (χ4n) is 6.44. The van der Waals surface area contributed by atoms with Gasteiger partial charge in [-0.05, 0) is 70.8 Å². The highest BCUT2D eigenvalue weighted by Crippen LogP contribution is 2.58. The van der Waals surface area contributed by atoms with E-state index in [9.17, 15) is 24.9 Å². The van der Waals surface area contributed by atoms with Crippen molar-refractivity contribution in [2.75, 3.05) is 0 Å². The minimum Gasteiger partial charge on any atom is -0.508 e. The number of halogens is 2. The number of phenols is 2. The van der Waals surface area contributed by atoms with Gasteiger partial charge >= 0.3 is 0 Å². The molecule has 1 aromatic rings. The van der Waals surface area contributed by atoms with E-state index in [1.807, 2.05) is 13.8 Å². The number of phenolic OH excluding ortho intramolecular Hbond substituents is 2. The lowest BCUT2D eigenvalue weighted by molar-refractivity contribution is -0.196. The molecular weight excluding hydrogens is 479 g/mol. The zero-order valence-corrected chi connectivity index (χ0v) is 22.0. The Balaban J connectivity index is 1.95. The molecule has 0 spiro atoms. The molecule has 1 unspecified atom stereocenters. The second-order valence-corrected chi connectivity index (χ2v) is 12.8. The van der Waals surface area contributed by atoms with E-state index in [2.05, 4.69) is 0 Å². The second kappa shape index (κ2) is 7.83. The Hall–Kier alpha value is -1.34. The number of carbonyl (C=O) groups is 2. The predicted octanol–water partition coefficient (Wildman–Crippen LogP) is 5.13. The molecule has 4 rings (SSSR count). The van der Waals surface area contributed by atoms with Crippen molar-refractivity contribution < 1.29 is 29.6 Å². The van der Waals surface area contributed by atoms with E-state index in [4.69, 9.17) is 27.9 Å². The Morgan fingerprint density at radius 3 is 2.32 bits per heavy atom. The van der Waals surface area contributed by atoms with Crippen LogP contribution in [-0.2, 0) is 4.74 Å². The predicted molar refractivity (Wildman–Crippen MR) is 130 cm³/mol. The van der Waals surface area contributed by atoms with Crippen molar-refractivity contribution in [2.45, 2.75) is 94.8 Å². The van der Waals surface area contributed by atoms with Gasteiger partial charge in [0.15, 0.2) is 11.6 Å². The average molecular weight is 513 g/mol. The topological polar surface area (TPSA) is 104 Å². The molecule has 2 fully saturated rings. The van der Waals surface area contributed by atoms with Crippen molar-refractivity contribution in [2.24, 2.45) is 17.3 Å². The fraction of sp³-hybridized carbons (Fsp3) is 0.692. The summed E-state index contributed by atoms with van der Waals surface area (Å²) >= 11 is 13.4. The number of aromatic hydroxyl groups is 2. The molecule has 1 aromatic carbocycles. The first-order chi connectivity index (χ1) is 15.5. The minimum atomic E-state index is -1.62. The lowest BCUT2D eigenvalue weighted by atomic mass is 9.54. The Bertz CT molecular complexity index is 1060. The number of ether oxygens (including phenoxy) is 1. The average Bonchev–Trinajstić information content (AvgIpc) is 2.73. The van der Waals surface area contributed by atoms with E-state index < -0.39 is 56.7 Å². The summed E-state index contributed by atoms with van der Waals surface area (Å²) in [6.07, 6.45) is 1.32. The van der Waals surface area contributed by atoms with Gasteiger partial charge in [0.05, 0.1) is 28.1 Å². The van der Waals surface area contributed by atoms with E-state index in [1.165, 1.54) is 13.0 Å². The Morgan fingerprint density at radius 2 is 1.71 bits per heavy atom. The van der Waals surface area contributed by atoms with Crippen LogP contribution in [0, 0.1) is 24.2 Å².